The van der Waals surface area contributed by atoms with Crippen molar-refractivity contribution >= 4 is 17.8 Å². The minimum Gasteiger partial charge on any atom is -0.478 e. The molecular formula is C19H28N4O4. The largest absolute Gasteiger partial charge is 0.478 e. The lowest BCUT2D eigenvalue weighted by atomic mass is 10.0. The first-order chi connectivity index (χ1) is 13.0. The molecule has 1 saturated heterocycles. The van der Waals surface area contributed by atoms with Gasteiger partial charge in [0.15, 0.2) is 0 Å². The topological polar surface area (TPSA) is 105 Å². The van der Waals surface area contributed by atoms with Gasteiger partial charge in [0.05, 0.1) is 24.3 Å². The molecule has 8 nitrogen and oxygen atoms in total. The maximum atomic E-state index is 12.3. The predicted molar refractivity (Wildman–Crippen MR) is 98.2 cm³/mol. The number of aromatic carboxylic acids is 1. The number of aromatic nitrogens is 2. The molecule has 2 fully saturated rings. The van der Waals surface area contributed by atoms with Gasteiger partial charge in [0.2, 0.25) is 11.8 Å². The normalized spacial score (nSPS) is 18.6. The zero-order valence-corrected chi connectivity index (χ0v) is 15.6. The summed E-state index contributed by atoms with van der Waals surface area (Å²) in [6.07, 6.45) is 10.8. The number of hydrogen-bond acceptors (Lipinski definition) is 4. The summed E-state index contributed by atoms with van der Waals surface area (Å²) in [5.74, 6) is -0.413. The Morgan fingerprint density at radius 3 is 2.48 bits per heavy atom. The molecule has 1 aromatic heterocycles. The summed E-state index contributed by atoms with van der Waals surface area (Å²) >= 11 is 0. The van der Waals surface area contributed by atoms with Crippen LogP contribution in [0, 0.1) is 5.92 Å². The number of carboxylic acids is 1. The third kappa shape index (κ3) is 5.30. The quantitative estimate of drug-likeness (QED) is 0.755. The fourth-order valence-electron chi connectivity index (χ4n) is 4.04. The van der Waals surface area contributed by atoms with Gasteiger partial charge in [0.1, 0.15) is 0 Å². The van der Waals surface area contributed by atoms with Crippen LogP contribution in [0.2, 0.25) is 0 Å². The molecule has 2 amide bonds. The molecule has 2 heterocycles. The van der Waals surface area contributed by atoms with E-state index in [-0.39, 0.29) is 30.0 Å². The minimum atomic E-state index is -0.988. The van der Waals surface area contributed by atoms with Gasteiger partial charge >= 0.3 is 5.97 Å². The minimum absolute atomic E-state index is 0.0390. The number of nitrogens with zero attached hydrogens (tertiary/aromatic N) is 3. The van der Waals surface area contributed by atoms with Crippen LogP contribution in [0.25, 0.3) is 0 Å². The average molecular weight is 376 g/mol. The maximum absolute atomic E-state index is 12.3. The second-order valence-electron chi connectivity index (χ2n) is 7.59. The molecule has 1 aliphatic heterocycles. The molecule has 3 rings (SSSR count). The fraction of sp³-hybridized carbons (Fsp3) is 0.684. The Bertz CT molecular complexity index is 673. The van der Waals surface area contributed by atoms with E-state index in [9.17, 15) is 14.4 Å². The van der Waals surface area contributed by atoms with Crippen LogP contribution in [0.5, 0.6) is 0 Å². The van der Waals surface area contributed by atoms with E-state index in [1.807, 2.05) is 0 Å². The molecule has 2 aliphatic rings. The highest BCUT2D eigenvalue weighted by Gasteiger charge is 2.25. The van der Waals surface area contributed by atoms with Crippen molar-refractivity contribution in [3.63, 3.8) is 0 Å². The van der Waals surface area contributed by atoms with Gasteiger partial charge in [-0.1, -0.05) is 25.7 Å². The summed E-state index contributed by atoms with van der Waals surface area (Å²) in [5, 5.41) is 15.8. The molecular weight excluding hydrogens is 348 g/mol. The van der Waals surface area contributed by atoms with E-state index in [2.05, 4.69) is 10.4 Å². The van der Waals surface area contributed by atoms with Gasteiger partial charge in [0, 0.05) is 25.7 Å². The molecule has 148 valence electrons. The zero-order valence-electron chi connectivity index (χ0n) is 15.6. The predicted octanol–water partition coefficient (Wildman–Crippen LogP) is 1.83. The van der Waals surface area contributed by atoms with Gasteiger partial charge in [-0.3, -0.25) is 14.3 Å². The Morgan fingerprint density at radius 1 is 1.15 bits per heavy atom. The van der Waals surface area contributed by atoms with Crippen LogP contribution in [0.1, 0.15) is 67.8 Å². The maximum Gasteiger partial charge on any atom is 0.338 e. The number of nitrogens with one attached hydrogen (secondary N) is 1. The van der Waals surface area contributed by atoms with Crippen molar-refractivity contribution in [1.82, 2.24) is 20.0 Å². The number of rotatable bonds is 7. The first-order valence-electron chi connectivity index (χ1n) is 9.85. The lowest BCUT2D eigenvalue weighted by molar-refractivity contribution is -0.134. The molecule has 0 bridgehead atoms. The van der Waals surface area contributed by atoms with Crippen LogP contribution in [0.15, 0.2) is 12.4 Å². The summed E-state index contributed by atoms with van der Waals surface area (Å²) in [7, 11) is 0. The smallest absolute Gasteiger partial charge is 0.338 e. The van der Waals surface area contributed by atoms with Crippen molar-refractivity contribution in [2.45, 2.75) is 57.4 Å². The van der Waals surface area contributed by atoms with Gasteiger partial charge in [-0.25, -0.2) is 4.79 Å². The van der Waals surface area contributed by atoms with Crippen molar-refractivity contribution in [3.8, 4) is 0 Å². The van der Waals surface area contributed by atoms with Gasteiger partial charge in [-0.15, -0.1) is 0 Å². The van der Waals surface area contributed by atoms with Gasteiger partial charge in [-0.2, -0.15) is 5.10 Å². The SMILES string of the molecule is O=C(CCC1CCCC1)NCC(=O)N1CCC(n2cc(C(=O)O)cn2)CC1. The van der Waals surface area contributed by atoms with E-state index in [1.165, 1.54) is 38.1 Å². The fourth-order valence-corrected chi connectivity index (χ4v) is 4.04. The Morgan fingerprint density at radius 2 is 1.85 bits per heavy atom. The lowest BCUT2D eigenvalue weighted by Crippen LogP contribution is -2.44. The van der Waals surface area contributed by atoms with Crippen molar-refractivity contribution in [1.29, 1.82) is 0 Å². The molecule has 0 spiro atoms. The number of carbonyl (C=O) groups is 3. The summed E-state index contributed by atoms with van der Waals surface area (Å²) in [6.45, 7) is 1.23. The van der Waals surface area contributed by atoms with Gasteiger partial charge in [-0.05, 0) is 25.2 Å². The number of carbonyl (C=O) groups excluding carboxylic acids is 2. The molecule has 0 radical (unpaired) electrons. The van der Waals surface area contributed by atoms with E-state index in [0.717, 1.165) is 19.3 Å². The highest BCUT2D eigenvalue weighted by molar-refractivity contribution is 5.86. The monoisotopic (exact) mass is 376 g/mol. The molecule has 2 N–H and O–H groups in total. The summed E-state index contributed by atoms with van der Waals surface area (Å²) in [5.41, 5.74) is 0.175. The second kappa shape index (κ2) is 9.01. The molecule has 1 saturated carbocycles. The van der Waals surface area contributed by atoms with Crippen molar-refractivity contribution in [2.24, 2.45) is 5.92 Å². The first-order valence-corrected chi connectivity index (χ1v) is 9.85. The van der Waals surface area contributed by atoms with Crippen molar-refractivity contribution in [2.75, 3.05) is 19.6 Å². The van der Waals surface area contributed by atoms with Crippen LogP contribution in [-0.2, 0) is 9.59 Å². The molecule has 0 aromatic carbocycles. The van der Waals surface area contributed by atoms with Crippen LogP contribution in [0.3, 0.4) is 0 Å². The summed E-state index contributed by atoms with van der Waals surface area (Å²) in [4.78, 5) is 37.0. The van der Waals surface area contributed by atoms with Crippen molar-refractivity contribution in [3.05, 3.63) is 18.0 Å². The third-order valence-electron chi connectivity index (χ3n) is 5.73. The van der Waals surface area contributed by atoms with E-state index in [1.54, 1.807) is 9.58 Å². The Kier molecular flexibility index (Phi) is 6.47. The van der Waals surface area contributed by atoms with Crippen LogP contribution >= 0.6 is 0 Å². The van der Waals surface area contributed by atoms with Crippen LogP contribution in [0.4, 0.5) is 0 Å². The lowest BCUT2D eigenvalue weighted by Gasteiger charge is -2.32. The Hall–Kier alpha value is -2.38. The second-order valence-corrected chi connectivity index (χ2v) is 7.59. The number of hydrogen-bond donors (Lipinski definition) is 2. The van der Waals surface area contributed by atoms with Gasteiger partial charge in [0.25, 0.3) is 0 Å². The molecule has 27 heavy (non-hydrogen) atoms. The highest BCUT2D eigenvalue weighted by Crippen LogP contribution is 2.28. The molecule has 1 aromatic rings. The van der Waals surface area contributed by atoms with E-state index >= 15 is 0 Å². The summed E-state index contributed by atoms with van der Waals surface area (Å²) < 4.78 is 1.68. The van der Waals surface area contributed by atoms with Gasteiger partial charge < -0.3 is 15.3 Å². The zero-order chi connectivity index (χ0) is 19.2. The molecule has 0 unspecified atom stereocenters. The highest BCUT2D eigenvalue weighted by atomic mass is 16.4. The van der Waals surface area contributed by atoms with E-state index < -0.39 is 5.97 Å². The average Bonchev–Trinajstić information content (AvgIpc) is 3.36. The third-order valence-corrected chi connectivity index (χ3v) is 5.73. The standard InChI is InChI=1S/C19H28N4O4/c24-17(6-5-14-3-1-2-4-14)20-12-18(25)22-9-7-16(8-10-22)23-13-15(11-21-23)19(26)27/h11,13-14,16H,1-10,12H2,(H,20,24)(H,26,27). The van der Waals surface area contributed by atoms with E-state index in [0.29, 0.717) is 25.4 Å². The Balaban J connectivity index is 1.36. The number of likely N-dealkylation sites (tertiary alicyclic amines) is 1. The number of carboxylic acid groups (broad SMARTS) is 1. The van der Waals surface area contributed by atoms with Crippen LogP contribution in [-0.4, -0.2) is 57.2 Å². The number of amides is 2. The Labute approximate surface area is 158 Å². The van der Waals surface area contributed by atoms with E-state index in [4.69, 9.17) is 5.11 Å². The first kappa shape index (κ1) is 19.4. The van der Waals surface area contributed by atoms with Crippen LogP contribution < -0.4 is 5.32 Å². The molecule has 8 heteroatoms. The molecule has 0 atom stereocenters. The van der Waals surface area contributed by atoms with Crippen molar-refractivity contribution < 1.29 is 19.5 Å². The summed E-state index contributed by atoms with van der Waals surface area (Å²) in [6, 6.07) is 0.100. The number of piperidine rings is 1. The molecule has 1 aliphatic carbocycles.